The summed E-state index contributed by atoms with van der Waals surface area (Å²) in [6, 6.07) is 4.29. The summed E-state index contributed by atoms with van der Waals surface area (Å²) < 4.78 is 16.0. The maximum absolute atomic E-state index is 14.5. The van der Waals surface area contributed by atoms with Crippen molar-refractivity contribution in [3.05, 3.63) is 77.3 Å². The lowest BCUT2D eigenvalue weighted by Gasteiger charge is -2.11. The Balaban J connectivity index is 2.31. The van der Waals surface area contributed by atoms with Crippen LogP contribution >= 0.6 is 0 Å². The minimum atomic E-state index is -0.563. The first-order chi connectivity index (χ1) is 14.6. The molecule has 31 heavy (non-hydrogen) atoms. The van der Waals surface area contributed by atoms with E-state index in [4.69, 9.17) is 5.73 Å². The van der Waals surface area contributed by atoms with Crippen LogP contribution in [0.1, 0.15) is 35.3 Å². The van der Waals surface area contributed by atoms with E-state index in [1.165, 1.54) is 29.0 Å². The van der Waals surface area contributed by atoms with E-state index in [0.29, 0.717) is 35.0 Å². The number of nitrogens with zero attached hydrogens (tertiary/aromatic N) is 2. The minimum absolute atomic E-state index is 0.109. The second kappa shape index (κ2) is 10.4. The van der Waals surface area contributed by atoms with Gasteiger partial charge in [0.1, 0.15) is 11.6 Å². The number of anilines is 1. The molecule has 1 heterocycles. The number of hydrogen-bond acceptors (Lipinski definition) is 4. The van der Waals surface area contributed by atoms with Crippen molar-refractivity contribution in [2.45, 2.75) is 20.8 Å². The Morgan fingerprint density at radius 1 is 1.32 bits per heavy atom. The van der Waals surface area contributed by atoms with Crippen LogP contribution in [0.4, 0.5) is 10.2 Å². The van der Waals surface area contributed by atoms with Crippen molar-refractivity contribution in [3.63, 3.8) is 0 Å². The van der Waals surface area contributed by atoms with Crippen molar-refractivity contribution in [2.24, 2.45) is 18.7 Å². The van der Waals surface area contributed by atoms with Gasteiger partial charge in [-0.25, -0.2) is 4.39 Å². The van der Waals surface area contributed by atoms with Crippen molar-refractivity contribution < 1.29 is 14.0 Å². The van der Waals surface area contributed by atoms with Gasteiger partial charge in [0.2, 0.25) is 0 Å². The van der Waals surface area contributed by atoms with Gasteiger partial charge in [-0.2, -0.15) is 5.10 Å². The number of halogens is 1. The van der Waals surface area contributed by atoms with Crippen molar-refractivity contribution >= 4 is 23.3 Å². The van der Waals surface area contributed by atoms with Gasteiger partial charge < -0.3 is 16.4 Å². The minimum Gasteiger partial charge on any atom is -0.398 e. The molecule has 2 aromatic rings. The highest BCUT2D eigenvalue weighted by atomic mass is 19.1. The summed E-state index contributed by atoms with van der Waals surface area (Å²) in [6.07, 6.45) is 5.97. The Bertz CT molecular complexity index is 1050. The van der Waals surface area contributed by atoms with Crippen LogP contribution in [0.2, 0.25) is 0 Å². The number of benzene rings is 1. The second-order valence-corrected chi connectivity index (χ2v) is 7.48. The van der Waals surface area contributed by atoms with Gasteiger partial charge in [0.15, 0.2) is 0 Å². The van der Waals surface area contributed by atoms with Gasteiger partial charge in [0, 0.05) is 42.1 Å². The molecule has 0 atom stereocenters. The molecule has 0 fully saturated rings. The van der Waals surface area contributed by atoms with Crippen LogP contribution in [0, 0.1) is 18.7 Å². The Morgan fingerprint density at radius 3 is 2.61 bits per heavy atom. The number of aryl methyl sites for hydroxylation is 1. The van der Waals surface area contributed by atoms with E-state index in [9.17, 15) is 14.0 Å². The summed E-state index contributed by atoms with van der Waals surface area (Å²) in [4.78, 5) is 24.8. The molecule has 0 unspecified atom stereocenters. The summed E-state index contributed by atoms with van der Waals surface area (Å²) in [5, 5.41) is 9.45. The molecule has 0 spiro atoms. The predicted molar refractivity (Wildman–Crippen MR) is 121 cm³/mol. The quantitative estimate of drug-likeness (QED) is 0.446. The molecule has 0 saturated heterocycles. The van der Waals surface area contributed by atoms with Gasteiger partial charge in [0.25, 0.3) is 11.8 Å². The average Bonchev–Trinajstić information content (AvgIpc) is 3.12. The number of allylic oxidation sites excluding steroid dienone is 2. The first-order valence-electron chi connectivity index (χ1n) is 9.82. The standard InChI is InChI=1S/C23H28FN5O2/c1-6-16(22(30)26-13-14(2)3)7-8-20(25)18-11-17(12-19(24)15(18)4)23(31)28-21-9-10-27-29(21)5/h6-12,14H,1,13,25H2,2-5H3,(H,26,30)(H,28,31)/b16-7+,20-8-. The molecule has 0 aliphatic heterocycles. The van der Waals surface area contributed by atoms with Crippen molar-refractivity contribution in [1.29, 1.82) is 0 Å². The predicted octanol–water partition coefficient (Wildman–Crippen LogP) is 3.30. The first-order valence-corrected chi connectivity index (χ1v) is 9.82. The van der Waals surface area contributed by atoms with Crippen LogP contribution in [0.25, 0.3) is 5.70 Å². The fourth-order valence-corrected chi connectivity index (χ4v) is 2.70. The summed E-state index contributed by atoms with van der Waals surface area (Å²) in [5.74, 6) is -0.554. The molecule has 8 heteroatoms. The molecule has 0 aliphatic carbocycles. The Hall–Kier alpha value is -3.68. The third kappa shape index (κ3) is 6.15. The molecular weight excluding hydrogens is 397 g/mol. The van der Waals surface area contributed by atoms with Crippen LogP contribution in [0.5, 0.6) is 0 Å². The van der Waals surface area contributed by atoms with E-state index in [1.807, 2.05) is 13.8 Å². The van der Waals surface area contributed by atoms with E-state index in [2.05, 4.69) is 22.3 Å². The van der Waals surface area contributed by atoms with Crippen LogP contribution in [-0.2, 0) is 11.8 Å². The highest BCUT2D eigenvalue weighted by molar-refractivity contribution is 6.04. The SMILES string of the molecule is C=C/C(=C\C=C(/N)c1cc(C(=O)Nc2ccnn2C)cc(F)c1C)C(=O)NCC(C)C. The lowest BCUT2D eigenvalue weighted by atomic mass is 10.0. The maximum Gasteiger partial charge on any atom is 0.256 e. The lowest BCUT2D eigenvalue weighted by molar-refractivity contribution is -0.117. The molecule has 0 aliphatic rings. The summed E-state index contributed by atoms with van der Waals surface area (Å²) in [7, 11) is 1.68. The van der Waals surface area contributed by atoms with E-state index in [0.717, 1.165) is 6.07 Å². The molecule has 0 bridgehead atoms. The maximum atomic E-state index is 14.5. The third-order valence-electron chi connectivity index (χ3n) is 4.58. The number of hydrogen-bond donors (Lipinski definition) is 3. The van der Waals surface area contributed by atoms with Crippen molar-refractivity contribution in [2.75, 3.05) is 11.9 Å². The van der Waals surface area contributed by atoms with Gasteiger partial charge in [-0.15, -0.1) is 0 Å². The molecule has 1 aromatic heterocycles. The monoisotopic (exact) mass is 425 g/mol. The van der Waals surface area contributed by atoms with Crippen molar-refractivity contribution in [1.82, 2.24) is 15.1 Å². The lowest BCUT2D eigenvalue weighted by Crippen LogP contribution is -2.28. The summed E-state index contributed by atoms with van der Waals surface area (Å²) in [6.45, 7) is 9.73. The van der Waals surface area contributed by atoms with Crippen LogP contribution in [0.3, 0.4) is 0 Å². The average molecular weight is 426 g/mol. The van der Waals surface area contributed by atoms with Gasteiger partial charge >= 0.3 is 0 Å². The number of aromatic nitrogens is 2. The van der Waals surface area contributed by atoms with Gasteiger partial charge in [0.05, 0.1) is 6.20 Å². The molecule has 2 amide bonds. The Kier molecular flexibility index (Phi) is 7.90. The van der Waals surface area contributed by atoms with E-state index < -0.39 is 11.7 Å². The van der Waals surface area contributed by atoms with Crippen LogP contribution < -0.4 is 16.4 Å². The molecule has 2 rings (SSSR count). The number of nitrogens with one attached hydrogen (secondary N) is 2. The van der Waals surface area contributed by atoms with Crippen molar-refractivity contribution in [3.8, 4) is 0 Å². The van der Waals surface area contributed by atoms with Gasteiger partial charge in [-0.3, -0.25) is 14.3 Å². The zero-order chi connectivity index (χ0) is 23.1. The zero-order valence-corrected chi connectivity index (χ0v) is 18.2. The largest absolute Gasteiger partial charge is 0.398 e. The summed E-state index contributed by atoms with van der Waals surface area (Å²) in [5.41, 5.74) is 7.46. The second-order valence-electron chi connectivity index (χ2n) is 7.48. The van der Waals surface area contributed by atoms with Gasteiger partial charge in [-0.05, 0) is 42.7 Å². The first kappa shape index (κ1) is 23.6. The molecule has 0 saturated carbocycles. The Morgan fingerprint density at radius 2 is 2.03 bits per heavy atom. The van der Waals surface area contributed by atoms with Crippen LogP contribution in [-0.4, -0.2) is 28.1 Å². The molecule has 4 N–H and O–H groups in total. The topological polar surface area (TPSA) is 102 Å². The number of carbonyl (C=O) groups is 2. The van der Waals surface area contributed by atoms with E-state index in [-0.39, 0.29) is 17.2 Å². The number of rotatable bonds is 8. The Labute approximate surface area is 181 Å². The fraction of sp³-hybridized carbons (Fsp3) is 0.261. The fourth-order valence-electron chi connectivity index (χ4n) is 2.70. The van der Waals surface area contributed by atoms with E-state index in [1.54, 1.807) is 26.2 Å². The molecule has 0 radical (unpaired) electrons. The number of nitrogens with two attached hydrogens (primary N) is 1. The molecule has 7 nitrogen and oxygen atoms in total. The number of carbonyl (C=O) groups excluding carboxylic acids is 2. The van der Waals surface area contributed by atoms with E-state index >= 15 is 0 Å². The van der Waals surface area contributed by atoms with Gasteiger partial charge in [-0.1, -0.05) is 26.5 Å². The normalized spacial score (nSPS) is 12.1. The number of amides is 2. The zero-order valence-electron chi connectivity index (χ0n) is 18.2. The highest BCUT2D eigenvalue weighted by Gasteiger charge is 2.15. The third-order valence-corrected chi connectivity index (χ3v) is 4.58. The molecular formula is C23H28FN5O2. The molecule has 164 valence electrons. The smallest absolute Gasteiger partial charge is 0.256 e. The highest BCUT2D eigenvalue weighted by Crippen LogP contribution is 2.22. The molecule has 1 aromatic carbocycles. The van der Waals surface area contributed by atoms with Crippen LogP contribution in [0.15, 0.2) is 54.8 Å². The summed E-state index contributed by atoms with van der Waals surface area (Å²) >= 11 is 0.